The first-order valence-corrected chi connectivity index (χ1v) is 12.8. The van der Waals surface area contributed by atoms with Crippen LogP contribution in [0.5, 0.6) is 5.75 Å². The van der Waals surface area contributed by atoms with Crippen LogP contribution in [0.4, 0.5) is 23.7 Å². The molecule has 1 aromatic heterocycles. The molecule has 204 valence electrons. The van der Waals surface area contributed by atoms with Gasteiger partial charge in [0.05, 0.1) is 5.69 Å². The van der Waals surface area contributed by atoms with Crippen LogP contribution >= 0.6 is 12.1 Å². The largest absolute Gasteiger partial charge is 0.422 e. The standard InChI is InChI=1S/C26H29F3N4O4S/c1-30-38-31-21-6-4-5-16(23(21)27)13-19-20(15-33-11-9-26(28,29)10-12-33)18-8-7-17(36-25(35)32(2)3)14-22(18)37-24(19)34/h4-8,14,30-31H,9-13,15H2,1-3H3. The molecule has 0 spiro atoms. The van der Waals surface area contributed by atoms with Crippen LogP contribution < -0.4 is 19.8 Å². The summed E-state index contributed by atoms with van der Waals surface area (Å²) in [6, 6.07) is 9.52. The van der Waals surface area contributed by atoms with Crippen LogP contribution in [0.1, 0.15) is 29.5 Å². The van der Waals surface area contributed by atoms with Crippen LogP contribution in [0.2, 0.25) is 0 Å². The highest BCUT2D eigenvalue weighted by molar-refractivity contribution is 7.98. The maximum absolute atomic E-state index is 15.3. The molecule has 2 N–H and O–H groups in total. The number of nitrogens with one attached hydrogen (secondary N) is 2. The molecule has 0 atom stereocenters. The van der Waals surface area contributed by atoms with Crippen molar-refractivity contribution in [1.29, 1.82) is 0 Å². The summed E-state index contributed by atoms with van der Waals surface area (Å²) in [5.74, 6) is -3.05. The maximum Gasteiger partial charge on any atom is 0.414 e. The van der Waals surface area contributed by atoms with E-state index in [2.05, 4.69) is 9.44 Å². The lowest BCUT2D eigenvalue weighted by molar-refractivity contribution is -0.0566. The number of benzene rings is 2. The molecule has 8 nitrogen and oxygen atoms in total. The van der Waals surface area contributed by atoms with E-state index in [0.717, 1.165) is 12.1 Å². The van der Waals surface area contributed by atoms with E-state index >= 15 is 4.39 Å². The molecule has 38 heavy (non-hydrogen) atoms. The number of likely N-dealkylation sites (tertiary alicyclic amines) is 1. The van der Waals surface area contributed by atoms with Crippen molar-refractivity contribution in [1.82, 2.24) is 14.5 Å². The molecule has 2 aromatic carbocycles. The Morgan fingerprint density at radius 1 is 1.18 bits per heavy atom. The molecule has 0 bridgehead atoms. The summed E-state index contributed by atoms with van der Waals surface area (Å²) in [6.45, 7) is 0.517. The van der Waals surface area contributed by atoms with Gasteiger partial charge in [-0.3, -0.25) is 4.90 Å². The van der Waals surface area contributed by atoms with Crippen molar-refractivity contribution < 1.29 is 27.1 Å². The molecule has 12 heteroatoms. The van der Waals surface area contributed by atoms with Crippen LogP contribution in [0.3, 0.4) is 0 Å². The van der Waals surface area contributed by atoms with Gasteiger partial charge in [-0.25, -0.2) is 27.5 Å². The van der Waals surface area contributed by atoms with Gasteiger partial charge >= 0.3 is 11.7 Å². The summed E-state index contributed by atoms with van der Waals surface area (Å²) in [5.41, 5.74) is 0.842. The number of nitrogens with zero attached hydrogens (tertiary/aromatic N) is 2. The average Bonchev–Trinajstić information content (AvgIpc) is 2.87. The lowest BCUT2D eigenvalue weighted by Crippen LogP contribution is -2.39. The zero-order valence-electron chi connectivity index (χ0n) is 21.3. The smallest absolute Gasteiger partial charge is 0.414 e. The number of fused-ring (bicyclic) bond motifs is 1. The number of ether oxygens (including phenoxy) is 1. The molecule has 0 saturated carbocycles. The maximum atomic E-state index is 15.3. The minimum absolute atomic E-state index is 0.0550. The summed E-state index contributed by atoms with van der Waals surface area (Å²) in [7, 11) is 4.77. The molecule has 4 rings (SSSR count). The van der Waals surface area contributed by atoms with E-state index in [1.54, 1.807) is 37.4 Å². The van der Waals surface area contributed by atoms with E-state index in [4.69, 9.17) is 9.15 Å². The zero-order valence-corrected chi connectivity index (χ0v) is 22.1. The van der Waals surface area contributed by atoms with Gasteiger partial charge in [0.2, 0.25) is 0 Å². The highest BCUT2D eigenvalue weighted by atomic mass is 32.2. The van der Waals surface area contributed by atoms with Crippen molar-refractivity contribution in [3.63, 3.8) is 0 Å². The van der Waals surface area contributed by atoms with Crippen molar-refractivity contribution in [3.05, 3.63) is 69.3 Å². The Balaban J connectivity index is 1.76. The first kappa shape index (κ1) is 27.8. The van der Waals surface area contributed by atoms with E-state index < -0.39 is 23.5 Å². The number of alkyl halides is 2. The molecule has 1 aliphatic heterocycles. The van der Waals surface area contributed by atoms with Crippen molar-refractivity contribution in [3.8, 4) is 5.75 Å². The second-order valence-corrected chi connectivity index (χ2v) is 10.1. The highest BCUT2D eigenvalue weighted by Crippen LogP contribution is 2.32. The van der Waals surface area contributed by atoms with Gasteiger partial charge in [0.1, 0.15) is 11.3 Å². The predicted molar refractivity (Wildman–Crippen MR) is 141 cm³/mol. The highest BCUT2D eigenvalue weighted by Gasteiger charge is 2.34. The van der Waals surface area contributed by atoms with Gasteiger partial charge in [0.25, 0.3) is 5.92 Å². The Bertz CT molecular complexity index is 1370. The number of halogens is 3. The van der Waals surface area contributed by atoms with Gasteiger partial charge in [-0.2, -0.15) is 0 Å². The first-order valence-electron chi connectivity index (χ1n) is 12.0. The van der Waals surface area contributed by atoms with Crippen molar-refractivity contribution in [2.75, 3.05) is 39.0 Å². The third-order valence-corrected chi connectivity index (χ3v) is 6.87. The minimum Gasteiger partial charge on any atom is -0.422 e. The van der Waals surface area contributed by atoms with E-state index in [0.29, 0.717) is 10.9 Å². The van der Waals surface area contributed by atoms with Gasteiger partial charge in [-0.05, 0) is 36.4 Å². The number of carbonyl (C=O) groups is 1. The van der Waals surface area contributed by atoms with E-state index in [9.17, 15) is 18.4 Å². The van der Waals surface area contributed by atoms with Gasteiger partial charge < -0.3 is 18.8 Å². The quantitative estimate of drug-likeness (QED) is 0.299. The molecule has 3 aromatic rings. The molecular formula is C26H29F3N4O4S. The molecule has 1 fully saturated rings. The summed E-state index contributed by atoms with van der Waals surface area (Å²) in [4.78, 5) is 28.3. The molecule has 0 radical (unpaired) electrons. The molecule has 0 aliphatic carbocycles. The van der Waals surface area contributed by atoms with Gasteiger partial charge in [0, 0.05) is 82.1 Å². The first-order chi connectivity index (χ1) is 18.1. The Labute approximate surface area is 222 Å². The SMILES string of the molecule is CNSNc1cccc(Cc2c(CN3CCC(F)(F)CC3)c3ccc(OC(=O)N(C)C)cc3oc2=O)c1F. The fourth-order valence-corrected chi connectivity index (χ4v) is 4.62. The fraction of sp³-hybridized carbons (Fsp3) is 0.385. The van der Waals surface area contributed by atoms with Crippen molar-refractivity contribution in [2.24, 2.45) is 0 Å². The van der Waals surface area contributed by atoms with E-state index in [-0.39, 0.29) is 67.0 Å². The zero-order chi connectivity index (χ0) is 27.4. The lowest BCUT2D eigenvalue weighted by atomic mass is 9.96. The average molecular weight is 551 g/mol. The number of hydrogen-bond acceptors (Lipinski definition) is 8. The van der Waals surface area contributed by atoms with Gasteiger partial charge in [0.15, 0.2) is 5.82 Å². The predicted octanol–water partition coefficient (Wildman–Crippen LogP) is 5.01. The van der Waals surface area contributed by atoms with Gasteiger partial charge in [-0.1, -0.05) is 12.1 Å². The van der Waals surface area contributed by atoms with E-state index in [1.807, 2.05) is 4.90 Å². The fourth-order valence-electron chi connectivity index (χ4n) is 4.25. The summed E-state index contributed by atoms with van der Waals surface area (Å²) >= 11 is 1.10. The second-order valence-electron chi connectivity index (χ2n) is 9.26. The van der Waals surface area contributed by atoms with Crippen molar-refractivity contribution >= 4 is 34.9 Å². The third kappa shape index (κ3) is 6.43. The van der Waals surface area contributed by atoms with Crippen LogP contribution in [-0.4, -0.2) is 56.0 Å². The number of hydrogen-bond donors (Lipinski definition) is 2. The summed E-state index contributed by atoms with van der Waals surface area (Å²) in [6.07, 6.45) is -1.21. The minimum atomic E-state index is -2.72. The third-order valence-electron chi connectivity index (χ3n) is 6.34. The Hall–Kier alpha value is -3.22. The van der Waals surface area contributed by atoms with Crippen LogP contribution in [0.25, 0.3) is 11.0 Å². The lowest BCUT2D eigenvalue weighted by Gasteiger charge is -2.32. The molecule has 1 amide bonds. The Morgan fingerprint density at radius 3 is 2.61 bits per heavy atom. The number of carbonyl (C=O) groups excluding carboxylic acids is 1. The number of amides is 1. The molecule has 1 aliphatic rings. The van der Waals surface area contributed by atoms with Crippen LogP contribution in [0.15, 0.2) is 45.6 Å². The normalized spacial score (nSPS) is 15.4. The number of piperidine rings is 1. The van der Waals surface area contributed by atoms with Crippen molar-refractivity contribution in [2.45, 2.75) is 31.7 Å². The number of rotatable bonds is 8. The molecule has 2 heterocycles. The van der Waals surface area contributed by atoms with Crippen LogP contribution in [0, 0.1) is 5.82 Å². The second kappa shape index (κ2) is 11.7. The molecular weight excluding hydrogens is 521 g/mol. The van der Waals surface area contributed by atoms with Crippen LogP contribution in [-0.2, 0) is 13.0 Å². The monoisotopic (exact) mass is 550 g/mol. The summed E-state index contributed by atoms with van der Waals surface area (Å²) < 4.78 is 59.4. The van der Waals surface area contributed by atoms with Gasteiger partial charge in [-0.15, -0.1) is 0 Å². The Morgan fingerprint density at radius 2 is 1.92 bits per heavy atom. The van der Waals surface area contributed by atoms with E-state index in [1.165, 1.54) is 25.1 Å². The Kier molecular flexibility index (Phi) is 8.54. The molecule has 1 saturated heterocycles. The summed E-state index contributed by atoms with van der Waals surface area (Å²) in [5, 5.41) is 0.557. The topological polar surface area (TPSA) is 87.1 Å². The molecule has 0 unspecified atom stereocenters. The number of anilines is 1.